The van der Waals surface area contributed by atoms with Gasteiger partial charge in [0, 0.05) is 18.2 Å². The summed E-state index contributed by atoms with van der Waals surface area (Å²) in [5.41, 5.74) is 4.94. The highest BCUT2D eigenvalue weighted by molar-refractivity contribution is 9.10. The molecule has 21 heavy (non-hydrogen) atoms. The smallest absolute Gasteiger partial charge is 0.283 e. The van der Waals surface area contributed by atoms with Crippen molar-refractivity contribution in [2.45, 2.75) is 36.1 Å². The van der Waals surface area contributed by atoms with Gasteiger partial charge < -0.3 is 5.73 Å². The Morgan fingerprint density at radius 1 is 1.38 bits per heavy atom. The summed E-state index contributed by atoms with van der Waals surface area (Å²) < 4.78 is 27.7. The van der Waals surface area contributed by atoms with E-state index in [4.69, 9.17) is 5.73 Å². The van der Waals surface area contributed by atoms with E-state index in [0.29, 0.717) is 12.8 Å². The van der Waals surface area contributed by atoms with Gasteiger partial charge in [-0.25, -0.2) is 13.1 Å². The minimum atomic E-state index is -3.76. The van der Waals surface area contributed by atoms with Gasteiger partial charge in [-0.15, -0.1) is 0 Å². The summed E-state index contributed by atoms with van der Waals surface area (Å²) >= 11 is 3.02. The van der Waals surface area contributed by atoms with Gasteiger partial charge in [0.25, 0.3) is 5.69 Å². The van der Waals surface area contributed by atoms with Crippen molar-refractivity contribution < 1.29 is 13.3 Å². The maximum Gasteiger partial charge on any atom is 0.283 e. The largest absolute Gasteiger partial charge is 0.329 e. The van der Waals surface area contributed by atoms with Crippen molar-refractivity contribution in [2.75, 3.05) is 6.54 Å². The Balaban J connectivity index is 2.31. The molecule has 1 fully saturated rings. The van der Waals surface area contributed by atoms with Gasteiger partial charge in [0.15, 0.2) is 0 Å². The van der Waals surface area contributed by atoms with Gasteiger partial charge in [0.1, 0.15) is 0 Å². The molecule has 0 bridgehead atoms. The van der Waals surface area contributed by atoms with Crippen LogP contribution in [0.2, 0.25) is 0 Å². The number of halogens is 1. The summed E-state index contributed by atoms with van der Waals surface area (Å²) in [7, 11) is -3.76. The van der Waals surface area contributed by atoms with Crippen LogP contribution in [0.15, 0.2) is 27.6 Å². The number of hydrogen-bond acceptors (Lipinski definition) is 5. The van der Waals surface area contributed by atoms with Crippen molar-refractivity contribution >= 4 is 31.6 Å². The number of nitrogens with zero attached hydrogens (tertiary/aromatic N) is 1. The van der Waals surface area contributed by atoms with Crippen LogP contribution in [0.4, 0.5) is 5.69 Å². The average Bonchev–Trinajstić information content (AvgIpc) is 2.86. The van der Waals surface area contributed by atoms with Crippen molar-refractivity contribution in [3.63, 3.8) is 0 Å². The van der Waals surface area contributed by atoms with Crippen LogP contribution in [0.1, 0.15) is 25.7 Å². The zero-order valence-electron chi connectivity index (χ0n) is 11.2. The Morgan fingerprint density at radius 3 is 2.48 bits per heavy atom. The van der Waals surface area contributed by atoms with Crippen molar-refractivity contribution in [2.24, 2.45) is 5.73 Å². The molecule has 116 valence electrons. The second-order valence-corrected chi connectivity index (χ2v) is 7.70. The highest BCUT2D eigenvalue weighted by Crippen LogP contribution is 2.32. The van der Waals surface area contributed by atoms with Crippen LogP contribution in [0.5, 0.6) is 0 Å². The van der Waals surface area contributed by atoms with Gasteiger partial charge in [-0.3, -0.25) is 10.1 Å². The summed E-state index contributed by atoms with van der Waals surface area (Å²) in [6.07, 6.45) is 3.28. The minimum absolute atomic E-state index is 0.0142. The van der Waals surface area contributed by atoms with E-state index in [2.05, 4.69) is 20.7 Å². The van der Waals surface area contributed by atoms with E-state index in [1.165, 1.54) is 18.2 Å². The predicted molar refractivity (Wildman–Crippen MR) is 81.4 cm³/mol. The molecule has 0 saturated heterocycles. The molecule has 0 spiro atoms. The molecule has 3 N–H and O–H groups in total. The number of benzene rings is 1. The fourth-order valence-electron chi connectivity index (χ4n) is 2.55. The first-order valence-electron chi connectivity index (χ1n) is 6.48. The van der Waals surface area contributed by atoms with Gasteiger partial charge in [0.05, 0.1) is 14.3 Å². The molecule has 7 nitrogen and oxygen atoms in total. The topological polar surface area (TPSA) is 115 Å². The van der Waals surface area contributed by atoms with E-state index in [1.807, 2.05) is 0 Å². The van der Waals surface area contributed by atoms with Crippen LogP contribution >= 0.6 is 15.9 Å². The monoisotopic (exact) mass is 377 g/mol. The molecule has 0 aromatic heterocycles. The Hall–Kier alpha value is -1.03. The third kappa shape index (κ3) is 3.42. The van der Waals surface area contributed by atoms with Crippen LogP contribution in [0.25, 0.3) is 0 Å². The Morgan fingerprint density at radius 2 is 2.00 bits per heavy atom. The SMILES string of the molecule is NCC1(NS(=O)(=O)c2ccc([N+](=O)[O-])c(Br)c2)CCCC1. The standard InChI is InChI=1S/C12H16BrN3O4S/c13-10-7-9(3-4-11(10)16(17)18)21(19,20)15-12(8-14)5-1-2-6-12/h3-4,7,15H,1-2,5-6,8,14H2. The van der Waals surface area contributed by atoms with Gasteiger partial charge >= 0.3 is 0 Å². The first-order chi connectivity index (χ1) is 9.80. The molecule has 0 unspecified atom stereocenters. The zero-order chi connectivity index (χ0) is 15.7. The lowest BCUT2D eigenvalue weighted by Gasteiger charge is -2.28. The first-order valence-corrected chi connectivity index (χ1v) is 8.75. The molecule has 1 saturated carbocycles. The van der Waals surface area contributed by atoms with E-state index in [-0.39, 0.29) is 21.6 Å². The molecule has 0 amide bonds. The van der Waals surface area contributed by atoms with Crippen LogP contribution in [-0.4, -0.2) is 25.4 Å². The number of rotatable bonds is 5. The van der Waals surface area contributed by atoms with Crippen molar-refractivity contribution in [3.8, 4) is 0 Å². The maximum atomic E-state index is 12.4. The lowest BCUT2D eigenvalue weighted by molar-refractivity contribution is -0.385. The summed E-state index contributed by atoms with van der Waals surface area (Å²) in [5, 5.41) is 10.8. The average molecular weight is 378 g/mol. The molecule has 1 aliphatic carbocycles. The maximum absolute atomic E-state index is 12.4. The molecule has 1 aliphatic rings. The molecular weight excluding hydrogens is 362 g/mol. The van der Waals surface area contributed by atoms with E-state index >= 15 is 0 Å². The third-order valence-corrected chi connectivity index (χ3v) is 5.94. The molecule has 1 aromatic carbocycles. The molecule has 0 heterocycles. The zero-order valence-corrected chi connectivity index (χ0v) is 13.6. The Kier molecular flexibility index (Phi) is 4.66. The van der Waals surface area contributed by atoms with E-state index < -0.39 is 20.5 Å². The van der Waals surface area contributed by atoms with Gasteiger partial charge in [-0.2, -0.15) is 0 Å². The third-order valence-electron chi connectivity index (χ3n) is 3.73. The highest BCUT2D eigenvalue weighted by atomic mass is 79.9. The second kappa shape index (κ2) is 5.99. The molecule has 0 aliphatic heterocycles. The van der Waals surface area contributed by atoms with E-state index in [9.17, 15) is 18.5 Å². The molecule has 9 heteroatoms. The molecule has 2 rings (SSSR count). The fraction of sp³-hybridized carbons (Fsp3) is 0.500. The van der Waals surface area contributed by atoms with Gasteiger partial charge in [0.2, 0.25) is 10.0 Å². The Labute approximate surface area is 131 Å². The number of nitro benzene ring substituents is 1. The predicted octanol–water partition coefficient (Wildman–Crippen LogP) is 1.91. The number of nitro groups is 1. The minimum Gasteiger partial charge on any atom is -0.329 e. The quantitative estimate of drug-likeness (QED) is 0.600. The number of nitrogens with one attached hydrogen (secondary N) is 1. The summed E-state index contributed by atoms with van der Waals surface area (Å²) in [6, 6.07) is 3.63. The molecule has 1 aromatic rings. The first kappa shape index (κ1) is 16.3. The van der Waals surface area contributed by atoms with Crippen LogP contribution in [-0.2, 0) is 10.0 Å². The summed E-state index contributed by atoms with van der Waals surface area (Å²) in [6.45, 7) is 0.236. The number of nitrogens with two attached hydrogens (primary N) is 1. The van der Waals surface area contributed by atoms with E-state index in [1.54, 1.807) is 0 Å². The normalized spacial score (nSPS) is 17.8. The number of sulfonamides is 1. The lowest BCUT2D eigenvalue weighted by Crippen LogP contribution is -2.51. The summed E-state index contributed by atoms with van der Waals surface area (Å²) in [5.74, 6) is 0. The fourth-order valence-corrected chi connectivity index (χ4v) is 4.72. The van der Waals surface area contributed by atoms with Gasteiger partial charge in [-0.05, 0) is 40.9 Å². The van der Waals surface area contributed by atoms with Crippen LogP contribution in [0.3, 0.4) is 0 Å². The van der Waals surface area contributed by atoms with E-state index in [0.717, 1.165) is 12.8 Å². The molecule has 0 atom stereocenters. The Bertz CT molecular complexity index is 656. The molecule has 0 radical (unpaired) electrons. The molecular formula is C12H16BrN3O4S. The second-order valence-electron chi connectivity index (χ2n) is 5.17. The summed E-state index contributed by atoms with van der Waals surface area (Å²) in [4.78, 5) is 10.2. The number of hydrogen-bond donors (Lipinski definition) is 2. The van der Waals surface area contributed by atoms with Crippen LogP contribution < -0.4 is 10.5 Å². The van der Waals surface area contributed by atoms with Crippen molar-refractivity contribution in [1.82, 2.24) is 4.72 Å². The van der Waals surface area contributed by atoms with Crippen molar-refractivity contribution in [3.05, 3.63) is 32.8 Å². The van der Waals surface area contributed by atoms with Crippen molar-refractivity contribution in [1.29, 1.82) is 0 Å². The van der Waals surface area contributed by atoms with Gasteiger partial charge in [-0.1, -0.05) is 12.8 Å². The van der Waals surface area contributed by atoms with Crippen LogP contribution in [0, 0.1) is 10.1 Å². The highest BCUT2D eigenvalue weighted by Gasteiger charge is 2.37. The lowest BCUT2D eigenvalue weighted by atomic mass is 10.0.